The third-order valence-corrected chi connectivity index (χ3v) is 8.34. The standard InChI is InChI=1S/C24H29F3N8O5S/c1-15-14-40-8-7-34(15)22-19-9-16(12-32-3-5-33(6-4-32)41(2,38)39)13-35(19)31-21(30-22)17-11-28-20(29-23(36)37)10-18(17)24(25,26)27/h9-11,13,15H,3-8,12,14H2,1-2H3,(H,28,29)(H,36,37). The number of carbonyl (C=O) groups is 1. The molecule has 2 N–H and O–H groups in total. The Morgan fingerprint density at radius 1 is 1.20 bits per heavy atom. The number of amides is 1. The molecule has 0 spiro atoms. The summed E-state index contributed by atoms with van der Waals surface area (Å²) in [5.41, 5.74) is -0.100. The highest BCUT2D eigenvalue weighted by molar-refractivity contribution is 7.88. The second-order valence-corrected chi connectivity index (χ2v) is 12.0. The number of alkyl halides is 3. The van der Waals surface area contributed by atoms with Crippen LogP contribution in [0.4, 0.5) is 29.6 Å². The predicted octanol–water partition coefficient (Wildman–Crippen LogP) is 2.20. The van der Waals surface area contributed by atoms with Gasteiger partial charge in [0.15, 0.2) is 11.6 Å². The van der Waals surface area contributed by atoms with Crippen molar-refractivity contribution in [1.82, 2.24) is 28.8 Å². The largest absolute Gasteiger partial charge is 0.465 e. The molecule has 41 heavy (non-hydrogen) atoms. The molecule has 2 saturated heterocycles. The molecule has 2 aliphatic heterocycles. The summed E-state index contributed by atoms with van der Waals surface area (Å²) in [6, 6.07) is 2.39. The van der Waals surface area contributed by atoms with Gasteiger partial charge < -0.3 is 14.7 Å². The third kappa shape index (κ3) is 6.37. The number of rotatable bonds is 6. The van der Waals surface area contributed by atoms with Crippen LogP contribution in [0, 0.1) is 0 Å². The van der Waals surface area contributed by atoms with Crippen LogP contribution in [0.3, 0.4) is 0 Å². The number of halogens is 3. The summed E-state index contributed by atoms with van der Waals surface area (Å²) in [5, 5.41) is 15.2. The van der Waals surface area contributed by atoms with Gasteiger partial charge in [-0.3, -0.25) is 10.2 Å². The van der Waals surface area contributed by atoms with Crippen LogP contribution in [0.15, 0.2) is 24.5 Å². The fourth-order valence-corrected chi connectivity index (χ4v) is 5.84. The molecule has 0 aromatic carbocycles. The average molecular weight is 599 g/mol. The van der Waals surface area contributed by atoms with Gasteiger partial charge in [0, 0.05) is 51.7 Å². The minimum Gasteiger partial charge on any atom is -0.465 e. The first-order valence-electron chi connectivity index (χ1n) is 12.8. The zero-order chi connectivity index (χ0) is 29.5. The molecule has 3 aromatic heterocycles. The molecule has 13 nitrogen and oxygen atoms in total. The number of fused-ring (bicyclic) bond motifs is 1. The number of pyridine rings is 1. The second-order valence-electron chi connectivity index (χ2n) is 10.0. The Morgan fingerprint density at radius 3 is 2.56 bits per heavy atom. The molecular formula is C24H29F3N8O5S. The molecule has 2 aliphatic rings. The lowest BCUT2D eigenvalue weighted by Gasteiger charge is -2.34. The summed E-state index contributed by atoms with van der Waals surface area (Å²) in [4.78, 5) is 23.5. The van der Waals surface area contributed by atoms with Crippen molar-refractivity contribution < 1.29 is 36.2 Å². The molecule has 0 bridgehead atoms. The van der Waals surface area contributed by atoms with E-state index in [-0.39, 0.29) is 11.9 Å². The van der Waals surface area contributed by atoms with Crippen molar-refractivity contribution >= 4 is 33.3 Å². The zero-order valence-corrected chi connectivity index (χ0v) is 23.1. The number of hydrogen-bond donors (Lipinski definition) is 2. The lowest BCUT2D eigenvalue weighted by Crippen LogP contribution is -2.47. The van der Waals surface area contributed by atoms with E-state index in [1.165, 1.54) is 15.1 Å². The maximum atomic E-state index is 14.1. The van der Waals surface area contributed by atoms with Crippen LogP contribution >= 0.6 is 0 Å². The van der Waals surface area contributed by atoms with Gasteiger partial charge in [-0.1, -0.05) is 0 Å². The highest BCUT2D eigenvalue weighted by atomic mass is 32.2. The predicted molar refractivity (Wildman–Crippen MR) is 142 cm³/mol. The molecule has 0 saturated carbocycles. The summed E-state index contributed by atoms with van der Waals surface area (Å²) in [7, 11) is -3.27. The Bertz CT molecular complexity index is 1560. The van der Waals surface area contributed by atoms with Crippen LogP contribution < -0.4 is 10.2 Å². The summed E-state index contributed by atoms with van der Waals surface area (Å²) in [5.74, 6) is -0.271. The number of piperazine rings is 1. The summed E-state index contributed by atoms with van der Waals surface area (Å²) in [6.45, 7) is 5.50. The van der Waals surface area contributed by atoms with Crippen molar-refractivity contribution in [3.63, 3.8) is 0 Å². The number of hydrogen-bond acceptors (Lipinski definition) is 9. The van der Waals surface area contributed by atoms with Crippen molar-refractivity contribution in [2.45, 2.75) is 25.7 Å². The lowest BCUT2D eigenvalue weighted by molar-refractivity contribution is -0.137. The van der Waals surface area contributed by atoms with E-state index in [0.717, 1.165) is 11.8 Å². The monoisotopic (exact) mass is 598 g/mol. The number of nitrogens with one attached hydrogen (secondary N) is 1. The molecule has 1 unspecified atom stereocenters. The average Bonchev–Trinajstić information content (AvgIpc) is 3.30. The van der Waals surface area contributed by atoms with E-state index in [0.29, 0.717) is 69.9 Å². The maximum Gasteiger partial charge on any atom is 0.417 e. The van der Waals surface area contributed by atoms with Crippen LogP contribution in [0.25, 0.3) is 16.9 Å². The fraction of sp³-hybridized carbons (Fsp3) is 0.500. The van der Waals surface area contributed by atoms with Crippen LogP contribution in [0.2, 0.25) is 0 Å². The van der Waals surface area contributed by atoms with Crippen molar-refractivity contribution in [1.29, 1.82) is 0 Å². The molecule has 5 rings (SSSR count). The van der Waals surface area contributed by atoms with Crippen LogP contribution in [-0.4, -0.2) is 107 Å². The molecule has 1 atom stereocenters. The number of ether oxygens (including phenoxy) is 1. The van der Waals surface area contributed by atoms with Gasteiger partial charge in [0.05, 0.1) is 36.6 Å². The van der Waals surface area contributed by atoms with E-state index in [1.807, 2.05) is 23.2 Å². The molecule has 1 amide bonds. The first kappa shape index (κ1) is 29.0. The quantitative estimate of drug-likeness (QED) is 0.433. The van der Waals surface area contributed by atoms with Crippen molar-refractivity contribution in [3.05, 3.63) is 35.7 Å². The molecule has 17 heteroatoms. The Hall–Kier alpha value is -3.54. The van der Waals surface area contributed by atoms with E-state index < -0.39 is 39.2 Å². The first-order valence-corrected chi connectivity index (χ1v) is 14.6. The van der Waals surface area contributed by atoms with Crippen molar-refractivity contribution in [2.75, 3.05) is 62.4 Å². The van der Waals surface area contributed by atoms with Gasteiger partial charge in [0.1, 0.15) is 11.3 Å². The smallest absolute Gasteiger partial charge is 0.417 e. The lowest BCUT2D eigenvalue weighted by atomic mass is 10.1. The van der Waals surface area contributed by atoms with Gasteiger partial charge >= 0.3 is 12.3 Å². The Balaban J connectivity index is 1.55. The normalized spacial score (nSPS) is 19.5. The fourth-order valence-electron chi connectivity index (χ4n) is 5.01. The minimum absolute atomic E-state index is 0.111. The topological polar surface area (TPSA) is 145 Å². The van der Waals surface area contributed by atoms with E-state index in [2.05, 4.69) is 20.0 Å². The SMILES string of the molecule is CC1COCCN1c1nc(-c2cnc(NC(=O)O)cc2C(F)(F)F)nn2cc(CN3CCN(S(C)(=O)=O)CC3)cc12. The number of morpholine rings is 1. The summed E-state index contributed by atoms with van der Waals surface area (Å²) < 4.78 is 74.5. The van der Waals surface area contributed by atoms with Crippen molar-refractivity contribution in [3.8, 4) is 11.4 Å². The van der Waals surface area contributed by atoms with E-state index in [1.54, 1.807) is 6.20 Å². The maximum absolute atomic E-state index is 14.1. The third-order valence-electron chi connectivity index (χ3n) is 7.03. The molecule has 0 aliphatic carbocycles. The molecule has 0 radical (unpaired) electrons. The van der Waals surface area contributed by atoms with Gasteiger partial charge in [-0.15, -0.1) is 5.10 Å². The van der Waals surface area contributed by atoms with Crippen LogP contribution in [-0.2, 0) is 27.5 Å². The molecule has 2 fully saturated rings. The molecule has 5 heterocycles. The Kier molecular flexibility index (Phi) is 7.80. The summed E-state index contributed by atoms with van der Waals surface area (Å²) in [6.07, 6.45) is -2.57. The van der Waals surface area contributed by atoms with E-state index in [4.69, 9.17) is 9.84 Å². The number of nitrogens with zero attached hydrogens (tertiary/aromatic N) is 7. The van der Waals surface area contributed by atoms with Crippen LogP contribution in [0.1, 0.15) is 18.1 Å². The highest BCUT2D eigenvalue weighted by Crippen LogP contribution is 2.38. The minimum atomic E-state index is -4.84. The van der Waals surface area contributed by atoms with Crippen LogP contribution in [0.5, 0.6) is 0 Å². The molecule has 222 valence electrons. The van der Waals surface area contributed by atoms with E-state index in [9.17, 15) is 26.4 Å². The van der Waals surface area contributed by atoms with Gasteiger partial charge in [-0.2, -0.15) is 17.5 Å². The van der Waals surface area contributed by atoms with Gasteiger partial charge in [0.2, 0.25) is 10.0 Å². The molecular weight excluding hydrogens is 569 g/mol. The Labute approximate surface area is 233 Å². The number of sulfonamides is 1. The highest BCUT2D eigenvalue weighted by Gasteiger charge is 2.36. The van der Waals surface area contributed by atoms with Gasteiger partial charge in [0.25, 0.3) is 0 Å². The summed E-state index contributed by atoms with van der Waals surface area (Å²) >= 11 is 0. The van der Waals surface area contributed by atoms with Crippen molar-refractivity contribution in [2.24, 2.45) is 0 Å². The zero-order valence-electron chi connectivity index (χ0n) is 22.3. The number of anilines is 2. The van der Waals surface area contributed by atoms with E-state index >= 15 is 0 Å². The molecule has 3 aromatic rings. The number of aromatic nitrogens is 4. The van der Waals surface area contributed by atoms with Gasteiger partial charge in [-0.05, 0) is 24.6 Å². The first-order chi connectivity index (χ1) is 19.3. The number of carboxylic acid groups (broad SMARTS) is 1. The second kappa shape index (κ2) is 11.0. The van der Waals surface area contributed by atoms with Gasteiger partial charge in [-0.25, -0.2) is 27.7 Å². The Morgan fingerprint density at radius 2 is 1.93 bits per heavy atom.